The standard InChI is InChI=1S/C18H26N6O/c1-3-7-24-8-4-14-16(21-12-20-14)18(24)5-9-23(10-6-18)17(25)15-11-19-13-22(15)2/h11-13H,3-10H2,1-2H3,(H,20,21). The monoisotopic (exact) mass is 342 g/mol. The van der Waals surface area contributed by atoms with Gasteiger partial charge in [-0.2, -0.15) is 0 Å². The maximum absolute atomic E-state index is 12.8. The number of amides is 1. The largest absolute Gasteiger partial charge is 0.348 e. The second-order valence-electron chi connectivity index (χ2n) is 7.18. The highest BCUT2D eigenvalue weighted by molar-refractivity contribution is 5.92. The highest BCUT2D eigenvalue weighted by Gasteiger charge is 2.46. The van der Waals surface area contributed by atoms with E-state index in [1.165, 1.54) is 11.4 Å². The van der Waals surface area contributed by atoms with Crippen LogP contribution in [-0.2, 0) is 19.0 Å². The van der Waals surface area contributed by atoms with Crippen molar-refractivity contribution in [2.24, 2.45) is 7.05 Å². The molecule has 2 aromatic rings. The SMILES string of the molecule is CCCN1CCc2[nH]cnc2C12CCN(C(=O)c1cncn1C)CC2. The molecule has 2 aliphatic heterocycles. The zero-order chi connectivity index (χ0) is 17.4. The Labute approximate surface area is 148 Å². The minimum absolute atomic E-state index is 0.0210. The Balaban J connectivity index is 1.57. The molecule has 0 radical (unpaired) electrons. The number of carbonyl (C=O) groups excluding carboxylic acids is 1. The van der Waals surface area contributed by atoms with Crippen LogP contribution in [0.1, 0.15) is 48.1 Å². The van der Waals surface area contributed by atoms with Gasteiger partial charge in [0.2, 0.25) is 0 Å². The summed E-state index contributed by atoms with van der Waals surface area (Å²) < 4.78 is 1.79. The number of aryl methyl sites for hydroxylation is 1. The Bertz CT molecular complexity index is 755. The molecular weight excluding hydrogens is 316 g/mol. The predicted molar refractivity (Wildman–Crippen MR) is 94.2 cm³/mol. The molecule has 0 unspecified atom stereocenters. The molecule has 0 aromatic carbocycles. The topological polar surface area (TPSA) is 70.1 Å². The van der Waals surface area contributed by atoms with Crippen molar-refractivity contribution in [2.45, 2.75) is 38.1 Å². The molecule has 0 bridgehead atoms. The number of imidazole rings is 2. The molecule has 1 fully saturated rings. The first-order valence-electron chi connectivity index (χ1n) is 9.19. The van der Waals surface area contributed by atoms with Crippen LogP contribution in [0.25, 0.3) is 0 Å². The number of piperidine rings is 1. The lowest BCUT2D eigenvalue weighted by Crippen LogP contribution is -2.57. The Morgan fingerprint density at radius 1 is 1.32 bits per heavy atom. The lowest BCUT2D eigenvalue weighted by Gasteiger charge is -2.50. The zero-order valence-electron chi connectivity index (χ0n) is 15.0. The molecule has 1 N–H and O–H groups in total. The van der Waals surface area contributed by atoms with E-state index in [4.69, 9.17) is 0 Å². The number of likely N-dealkylation sites (tertiary alicyclic amines) is 1. The first kappa shape index (κ1) is 16.3. The first-order chi connectivity index (χ1) is 12.2. The van der Waals surface area contributed by atoms with Gasteiger partial charge in [0.25, 0.3) is 5.91 Å². The summed E-state index contributed by atoms with van der Waals surface area (Å²) in [6, 6.07) is 0. The van der Waals surface area contributed by atoms with E-state index in [0.717, 1.165) is 51.9 Å². The lowest BCUT2D eigenvalue weighted by molar-refractivity contribution is 0.00679. The van der Waals surface area contributed by atoms with Crippen molar-refractivity contribution in [3.63, 3.8) is 0 Å². The van der Waals surface area contributed by atoms with Gasteiger partial charge in [0.05, 0.1) is 30.1 Å². The lowest BCUT2D eigenvalue weighted by atomic mass is 9.78. The van der Waals surface area contributed by atoms with Gasteiger partial charge in [-0.3, -0.25) is 9.69 Å². The van der Waals surface area contributed by atoms with Gasteiger partial charge in [-0.1, -0.05) is 6.92 Å². The van der Waals surface area contributed by atoms with Crippen LogP contribution in [0.15, 0.2) is 18.9 Å². The number of rotatable bonds is 3. The van der Waals surface area contributed by atoms with Gasteiger partial charge in [0.15, 0.2) is 0 Å². The maximum atomic E-state index is 12.8. The maximum Gasteiger partial charge on any atom is 0.272 e. The van der Waals surface area contributed by atoms with E-state index in [0.29, 0.717) is 5.69 Å². The Morgan fingerprint density at radius 2 is 2.12 bits per heavy atom. The third kappa shape index (κ3) is 2.57. The van der Waals surface area contributed by atoms with E-state index in [1.807, 2.05) is 18.3 Å². The second-order valence-corrected chi connectivity index (χ2v) is 7.18. The molecule has 4 rings (SSSR count). The van der Waals surface area contributed by atoms with E-state index in [1.54, 1.807) is 17.1 Å². The summed E-state index contributed by atoms with van der Waals surface area (Å²) in [5.41, 5.74) is 3.12. The minimum Gasteiger partial charge on any atom is -0.348 e. The van der Waals surface area contributed by atoms with Crippen LogP contribution in [0.2, 0.25) is 0 Å². The van der Waals surface area contributed by atoms with E-state index in [2.05, 4.69) is 26.8 Å². The van der Waals surface area contributed by atoms with Crippen molar-refractivity contribution < 1.29 is 4.79 Å². The molecule has 4 heterocycles. The number of aromatic amines is 1. The number of aromatic nitrogens is 4. The average molecular weight is 342 g/mol. The van der Waals surface area contributed by atoms with Gasteiger partial charge in [-0.05, 0) is 25.8 Å². The van der Waals surface area contributed by atoms with Crippen molar-refractivity contribution in [2.75, 3.05) is 26.2 Å². The number of carbonyl (C=O) groups is 1. The average Bonchev–Trinajstić information content (AvgIpc) is 3.27. The molecule has 0 saturated carbocycles. The molecule has 2 aromatic heterocycles. The van der Waals surface area contributed by atoms with Crippen molar-refractivity contribution in [3.8, 4) is 0 Å². The second kappa shape index (κ2) is 6.29. The molecule has 7 nitrogen and oxygen atoms in total. The summed E-state index contributed by atoms with van der Waals surface area (Å²) in [6.07, 6.45) is 9.22. The molecule has 0 atom stereocenters. The van der Waals surface area contributed by atoms with Crippen LogP contribution in [0, 0.1) is 0 Å². The van der Waals surface area contributed by atoms with E-state index >= 15 is 0 Å². The summed E-state index contributed by atoms with van der Waals surface area (Å²) in [5, 5.41) is 0. The van der Waals surface area contributed by atoms with Crippen LogP contribution >= 0.6 is 0 Å². The number of hydrogen-bond donors (Lipinski definition) is 1. The van der Waals surface area contributed by atoms with Crippen molar-refractivity contribution in [1.29, 1.82) is 0 Å². The molecule has 2 aliphatic rings. The Morgan fingerprint density at radius 3 is 2.80 bits per heavy atom. The number of hydrogen-bond acceptors (Lipinski definition) is 4. The van der Waals surface area contributed by atoms with Crippen LogP contribution in [0.3, 0.4) is 0 Å². The van der Waals surface area contributed by atoms with Crippen molar-refractivity contribution >= 4 is 5.91 Å². The fraction of sp³-hybridized carbons (Fsp3) is 0.611. The Kier molecular flexibility index (Phi) is 4.11. The summed E-state index contributed by atoms with van der Waals surface area (Å²) in [5.74, 6) is 0.0787. The number of nitrogens with zero attached hydrogens (tertiary/aromatic N) is 5. The van der Waals surface area contributed by atoms with Gasteiger partial charge in [0.1, 0.15) is 5.69 Å². The predicted octanol–water partition coefficient (Wildman–Crippen LogP) is 1.54. The van der Waals surface area contributed by atoms with Crippen LogP contribution in [0.4, 0.5) is 0 Å². The van der Waals surface area contributed by atoms with E-state index < -0.39 is 0 Å². The Hall–Kier alpha value is -2.15. The summed E-state index contributed by atoms with van der Waals surface area (Å²) in [4.78, 5) is 29.4. The zero-order valence-corrected chi connectivity index (χ0v) is 15.0. The van der Waals surface area contributed by atoms with Gasteiger partial charge >= 0.3 is 0 Å². The van der Waals surface area contributed by atoms with Crippen LogP contribution < -0.4 is 0 Å². The van der Waals surface area contributed by atoms with Crippen LogP contribution in [-0.4, -0.2) is 61.4 Å². The molecule has 1 amide bonds. The van der Waals surface area contributed by atoms with Gasteiger partial charge in [-0.15, -0.1) is 0 Å². The molecule has 25 heavy (non-hydrogen) atoms. The molecule has 7 heteroatoms. The molecule has 134 valence electrons. The van der Waals surface area contributed by atoms with Crippen molar-refractivity contribution in [3.05, 3.63) is 35.9 Å². The van der Waals surface area contributed by atoms with Gasteiger partial charge < -0.3 is 14.5 Å². The fourth-order valence-electron chi connectivity index (χ4n) is 4.48. The van der Waals surface area contributed by atoms with E-state index in [-0.39, 0.29) is 11.4 Å². The minimum atomic E-state index is -0.0210. The molecule has 0 aliphatic carbocycles. The van der Waals surface area contributed by atoms with Gasteiger partial charge in [-0.25, -0.2) is 9.97 Å². The quantitative estimate of drug-likeness (QED) is 0.919. The van der Waals surface area contributed by atoms with Gasteiger partial charge in [0, 0.05) is 38.8 Å². The van der Waals surface area contributed by atoms with E-state index in [9.17, 15) is 4.79 Å². The number of fused-ring (bicyclic) bond motifs is 2. The highest BCUT2D eigenvalue weighted by Crippen LogP contribution is 2.42. The number of H-pyrrole nitrogens is 1. The van der Waals surface area contributed by atoms with Crippen molar-refractivity contribution in [1.82, 2.24) is 29.3 Å². The summed E-state index contributed by atoms with van der Waals surface area (Å²) in [7, 11) is 1.87. The highest BCUT2D eigenvalue weighted by atomic mass is 16.2. The first-order valence-corrected chi connectivity index (χ1v) is 9.19. The third-order valence-electron chi connectivity index (χ3n) is 5.80. The van der Waals surface area contributed by atoms with Crippen LogP contribution in [0.5, 0.6) is 0 Å². The molecule has 1 saturated heterocycles. The molecular formula is C18H26N6O. The summed E-state index contributed by atoms with van der Waals surface area (Å²) in [6.45, 7) is 5.91. The summed E-state index contributed by atoms with van der Waals surface area (Å²) >= 11 is 0. The third-order valence-corrected chi connectivity index (χ3v) is 5.80. The smallest absolute Gasteiger partial charge is 0.272 e. The normalized spacial score (nSPS) is 20.0. The molecule has 1 spiro atoms. The fourth-order valence-corrected chi connectivity index (χ4v) is 4.48. The number of nitrogens with one attached hydrogen (secondary N) is 1.